The van der Waals surface area contributed by atoms with E-state index in [-0.39, 0.29) is 5.56 Å². The van der Waals surface area contributed by atoms with Crippen molar-refractivity contribution in [3.8, 4) is 0 Å². The minimum atomic E-state index is -0.959. The van der Waals surface area contributed by atoms with Crippen LogP contribution in [0.15, 0.2) is 36.7 Å². The summed E-state index contributed by atoms with van der Waals surface area (Å²) in [5.41, 5.74) is 9.18. The number of aryl methyl sites for hydroxylation is 1. The molecule has 92 valence electrons. The number of rotatable bonds is 3. The number of hydrogen-bond donors (Lipinski definition) is 2. The zero-order valence-electron chi connectivity index (χ0n) is 10.1. The number of benzene rings is 1. The number of carbonyl (C=O) groups is 1. The highest BCUT2D eigenvalue weighted by Crippen LogP contribution is 2.19. The van der Waals surface area contributed by atoms with Crippen molar-refractivity contribution in [2.45, 2.75) is 13.3 Å². The van der Waals surface area contributed by atoms with E-state index < -0.39 is 5.97 Å². The van der Waals surface area contributed by atoms with Crippen molar-refractivity contribution in [3.05, 3.63) is 58.9 Å². The molecule has 3 N–H and O–H groups in total. The second kappa shape index (κ2) is 4.87. The molecule has 0 radical (unpaired) electrons. The highest BCUT2D eigenvalue weighted by molar-refractivity contribution is 5.90. The minimum Gasteiger partial charge on any atom is -0.478 e. The van der Waals surface area contributed by atoms with Gasteiger partial charge in [0.25, 0.3) is 0 Å². The molecule has 0 aliphatic carbocycles. The first-order valence-corrected chi connectivity index (χ1v) is 5.59. The molecule has 0 aliphatic heterocycles. The maximum absolute atomic E-state index is 11.2. The van der Waals surface area contributed by atoms with E-state index in [0.717, 1.165) is 16.7 Å². The van der Waals surface area contributed by atoms with Gasteiger partial charge in [-0.3, -0.25) is 4.98 Å². The van der Waals surface area contributed by atoms with Crippen LogP contribution in [0.3, 0.4) is 0 Å². The Kier molecular flexibility index (Phi) is 3.28. The Morgan fingerprint density at radius 2 is 2.11 bits per heavy atom. The zero-order chi connectivity index (χ0) is 13.1. The average molecular weight is 242 g/mol. The van der Waals surface area contributed by atoms with Crippen LogP contribution in [0, 0.1) is 6.92 Å². The van der Waals surface area contributed by atoms with Crippen molar-refractivity contribution < 1.29 is 9.90 Å². The number of carboxylic acid groups (broad SMARTS) is 1. The molecular weight excluding hydrogens is 228 g/mol. The summed E-state index contributed by atoms with van der Waals surface area (Å²) in [5, 5.41) is 9.17. The predicted octanol–water partition coefficient (Wildman–Crippen LogP) is 2.26. The number of pyridine rings is 1. The topological polar surface area (TPSA) is 76.2 Å². The Bertz CT molecular complexity index is 594. The molecule has 0 amide bonds. The molecule has 0 aliphatic rings. The molecule has 4 heteroatoms. The maximum Gasteiger partial charge on any atom is 0.336 e. The van der Waals surface area contributed by atoms with Crippen LogP contribution in [0.2, 0.25) is 0 Å². The smallest absolute Gasteiger partial charge is 0.336 e. The van der Waals surface area contributed by atoms with Gasteiger partial charge in [-0.15, -0.1) is 0 Å². The van der Waals surface area contributed by atoms with E-state index in [9.17, 15) is 4.79 Å². The lowest BCUT2D eigenvalue weighted by atomic mass is 9.98. The fourth-order valence-corrected chi connectivity index (χ4v) is 1.83. The summed E-state index contributed by atoms with van der Waals surface area (Å²) in [6.07, 6.45) is 4.03. The lowest BCUT2D eigenvalue weighted by Gasteiger charge is -2.09. The van der Waals surface area contributed by atoms with Crippen LogP contribution < -0.4 is 5.73 Å². The third-order valence-electron chi connectivity index (χ3n) is 2.89. The number of hydrogen-bond acceptors (Lipinski definition) is 3. The van der Waals surface area contributed by atoms with Gasteiger partial charge in [-0.25, -0.2) is 4.79 Å². The van der Waals surface area contributed by atoms with E-state index in [1.54, 1.807) is 24.5 Å². The van der Waals surface area contributed by atoms with Gasteiger partial charge in [0.1, 0.15) is 0 Å². The van der Waals surface area contributed by atoms with Crippen LogP contribution in [0.5, 0.6) is 0 Å². The quantitative estimate of drug-likeness (QED) is 0.809. The van der Waals surface area contributed by atoms with Crippen molar-refractivity contribution in [1.29, 1.82) is 0 Å². The SMILES string of the molecule is Cc1ccncc1Cc1ccc(N)cc1C(=O)O. The fourth-order valence-electron chi connectivity index (χ4n) is 1.83. The summed E-state index contributed by atoms with van der Waals surface area (Å²) in [4.78, 5) is 15.2. The normalized spacial score (nSPS) is 10.3. The molecule has 1 heterocycles. The number of anilines is 1. The highest BCUT2D eigenvalue weighted by atomic mass is 16.4. The molecular formula is C14H14N2O2. The zero-order valence-corrected chi connectivity index (χ0v) is 10.1. The van der Waals surface area contributed by atoms with Crippen LogP contribution >= 0.6 is 0 Å². The number of nitrogens with zero attached hydrogens (tertiary/aromatic N) is 1. The van der Waals surface area contributed by atoms with E-state index in [2.05, 4.69) is 4.98 Å². The van der Waals surface area contributed by atoms with Gasteiger partial charge in [0, 0.05) is 24.5 Å². The molecule has 0 bridgehead atoms. The molecule has 4 nitrogen and oxygen atoms in total. The number of nitrogens with two attached hydrogens (primary N) is 1. The van der Waals surface area contributed by atoms with Gasteiger partial charge in [0.05, 0.1) is 5.56 Å². The summed E-state index contributed by atoms with van der Waals surface area (Å²) >= 11 is 0. The van der Waals surface area contributed by atoms with Gasteiger partial charge in [0.2, 0.25) is 0 Å². The van der Waals surface area contributed by atoms with Gasteiger partial charge in [-0.1, -0.05) is 6.07 Å². The van der Waals surface area contributed by atoms with Crippen molar-refractivity contribution in [1.82, 2.24) is 4.98 Å². The second-order valence-corrected chi connectivity index (χ2v) is 4.20. The summed E-state index contributed by atoms with van der Waals surface area (Å²) in [6, 6.07) is 6.87. The highest BCUT2D eigenvalue weighted by Gasteiger charge is 2.11. The predicted molar refractivity (Wildman–Crippen MR) is 69.6 cm³/mol. The summed E-state index contributed by atoms with van der Waals surface area (Å²) in [7, 11) is 0. The fraction of sp³-hybridized carbons (Fsp3) is 0.143. The van der Waals surface area contributed by atoms with E-state index in [1.165, 1.54) is 6.07 Å². The van der Waals surface area contributed by atoms with Crippen LogP contribution in [-0.2, 0) is 6.42 Å². The number of aromatic nitrogens is 1. The average Bonchev–Trinajstić information content (AvgIpc) is 2.34. The Morgan fingerprint density at radius 1 is 1.33 bits per heavy atom. The maximum atomic E-state index is 11.2. The first kappa shape index (κ1) is 12.1. The van der Waals surface area contributed by atoms with Crippen molar-refractivity contribution >= 4 is 11.7 Å². The molecule has 1 aromatic heterocycles. The monoisotopic (exact) mass is 242 g/mol. The van der Waals surface area contributed by atoms with Crippen LogP contribution in [-0.4, -0.2) is 16.1 Å². The number of aromatic carboxylic acids is 1. The number of carboxylic acids is 1. The van der Waals surface area contributed by atoms with Crippen LogP contribution in [0.25, 0.3) is 0 Å². The molecule has 0 unspecified atom stereocenters. The van der Waals surface area contributed by atoms with Crippen LogP contribution in [0.1, 0.15) is 27.0 Å². The molecule has 0 spiro atoms. The molecule has 1 aromatic carbocycles. The Morgan fingerprint density at radius 3 is 2.78 bits per heavy atom. The molecule has 0 fully saturated rings. The van der Waals surface area contributed by atoms with Gasteiger partial charge in [-0.2, -0.15) is 0 Å². The molecule has 2 aromatic rings. The Hall–Kier alpha value is -2.36. The largest absolute Gasteiger partial charge is 0.478 e. The second-order valence-electron chi connectivity index (χ2n) is 4.20. The van der Waals surface area contributed by atoms with Gasteiger partial charge >= 0.3 is 5.97 Å². The first-order valence-electron chi connectivity index (χ1n) is 5.59. The third kappa shape index (κ3) is 2.48. The summed E-state index contributed by atoms with van der Waals surface area (Å²) in [5.74, 6) is -0.959. The van der Waals surface area contributed by atoms with E-state index in [0.29, 0.717) is 12.1 Å². The molecule has 0 saturated heterocycles. The van der Waals surface area contributed by atoms with E-state index in [4.69, 9.17) is 10.8 Å². The van der Waals surface area contributed by atoms with Gasteiger partial charge < -0.3 is 10.8 Å². The lowest BCUT2D eigenvalue weighted by molar-refractivity contribution is 0.0696. The molecule has 0 atom stereocenters. The van der Waals surface area contributed by atoms with Crippen molar-refractivity contribution in [2.75, 3.05) is 5.73 Å². The van der Waals surface area contributed by atoms with Gasteiger partial charge in [0.15, 0.2) is 0 Å². The van der Waals surface area contributed by atoms with Crippen molar-refractivity contribution in [2.24, 2.45) is 0 Å². The van der Waals surface area contributed by atoms with Crippen molar-refractivity contribution in [3.63, 3.8) is 0 Å². The minimum absolute atomic E-state index is 0.248. The standard InChI is InChI=1S/C14H14N2O2/c1-9-4-5-16-8-11(9)6-10-2-3-12(15)7-13(10)14(17)18/h2-5,7-8H,6,15H2,1H3,(H,17,18). The first-order chi connectivity index (χ1) is 8.58. The summed E-state index contributed by atoms with van der Waals surface area (Å²) in [6.45, 7) is 1.98. The van der Waals surface area contributed by atoms with E-state index in [1.807, 2.05) is 13.0 Å². The Balaban J connectivity index is 2.41. The Labute approximate surface area is 105 Å². The van der Waals surface area contributed by atoms with Gasteiger partial charge in [-0.05, 0) is 41.8 Å². The molecule has 0 saturated carbocycles. The molecule has 18 heavy (non-hydrogen) atoms. The van der Waals surface area contributed by atoms with E-state index >= 15 is 0 Å². The third-order valence-corrected chi connectivity index (χ3v) is 2.89. The lowest BCUT2D eigenvalue weighted by Crippen LogP contribution is -2.05. The molecule has 2 rings (SSSR count). The number of nitrogen functional groups attached to an aromatic ring is 1. The summed E-state index contributed by atoms with van der Waals surface area (Å²) < 4.78 is 0. The van der Waals surface area contributed by atoms with Crippen LogP contribution in [0.4, 0.5) is 5.69 Å².